The Morgan fingerprint density at radius 2 is 1.07 bits per heavy atom. The molecule has 0 N–H and O–H groups in total. The second kappa shape index (κ2) is 5.11. The summed E-state index contributed by atoms with van der Waals surface area (Å²) in [5.41, 5.74) is -0.675. The number of benzene rings is 2. The maximum atomic E-state index is 13.3. The van der Waals surface area contributed by atoms with Gasteiger partial charge >= 0.3 is 0 Å². The lowest BCUT2D eigenvalue weighted by Crippen LogP contribution is -2.48. The van der Waals surface area contributed by atoms with Crippen LogP contribution < -0.4 is 10.0 Å². The van der Waals surface area contributed by atoms with Crippen molar-refractivity contribution in [3.63, 3.8) is 0 Å². The number of hydrogen-bond donors (Lipinski definition) is 0. The molecule has 27 heavy (non-hydrogen) atoms. The molecule has 5 rings (SSSR count). The van der Waals surface area contributed by atoms with Crippen molar-refractivity contribution < 1.29 is 14.3 Å². The van der Waals surface area contributed by atoms with Crippen LogP contribution in [0.1, 0.15) is 13.8 Å². The van der Waals surface area contributed by atoms with E-state index in [2.05, 4.69) is 10.2 Å². The summed E-state index contributed by atoms with van der Waals surface area (Å²) in [5, 5.41) is 11.4. The van der Waals surface area contributed by atoms with Crippen LogP contribution >= 0.6 is 0 Å². The highest BCUT2D eigenvalue weighted by Crippen LogP contribution is 2.57. The first-order chi connectivity index (χ1) is 13.0. The minimum Gasteiger partial charge on any atom is -0.329 e. The first-order valence-electron chi connectivity index (χ1n) is 8.63. The predicted molar refractivity (Wildman–Crippen MR) is 101 cm³/mol. The fourth-order valence-electron chi connectivity index (χ4n) is 3.88. The molecule has 0 unspecified atom stereocenters. The lowest BCUT2D eigenvalue weighted by molar-refractivity contribution is -0.122. The molecule has 0 aliphatic carbocycles. The van der Waals surface area contributed by atoms with E-state index in [-0.39, 0.29) is 11.8 Å². The Balaban J connectivity index is 1.54. The van der Waals surface area contributed by atoms with Gasteiger partial charge in [0.15, 0.2) is 0 Å². The van der Waals surface area contributed by atoms with E-state index in [0.29, 0.717) is 22.8 Å². The molecular formula is C20H16N4O3. The number of fused-ring (bicyclic) bond motifs is 1. The highest BCUT2D eigenvalue weighted by Gasteiger charge is 2.87. The van der Waals surface area contributed by atoms with Gasteiger partial charge in [0.1, 0.15) is 0 Å². The van der Waals surface area contributed by atoms with E-state index in [0.717, 1.165) is 0 Å². The van der Waals surface area contributed by atoms with Gasteiger partial charge in [-0.25, -0.2) is 0 Å². The molecule has 2 atom stereocenters. The van der Waals surface area contributed by atoms with E-state index in [4.69, 9.17) is 4.74 Å². The third-order valence-electron chi connectivity index (χ3n) is 5.27. The first-order valence-corrected chi connectivity index (χ1v) is 8.63. The van der Waals surface area contributed by atoms with Crippen molar-refractivity contribution in [2.45, 2.75) is 25.0 Å². The predicted octanol–water partition coefficient (Wildman–Crippen LogP) is 2.34. The minimum absolute atomic E-state index is 0.371. The van der Waals surface area contributed by atoms with E-state index in [1.54, 1.807) is 38.1 Å². The Labute approximate surface area is 155 Å². The molecule has 3 heterocycles. The van der Waals surface area contributed by atoms with E-state index in [1.165, 1.54) is 10.0 Å². The fourth-order valence-corrected chi connectivity index (χ4v) is 3.88. The number of rotatable bonds is 2. The van der Waals surface area contributed by atoms with Crippen LogP contribution in [0.5, 0.6) is 0 Å². The Morgan fingerprint density at radius 1 is 0.704 bits per heavy atom. The molecule has 0 saturated carbocycles. The van der Waals surface area contributed by atoms with Gasteiger partial charge in [0.25, 0.3) is 11.8 Å². The van der Waals surface area contributed by atoms with Crippen molar-refractivity contribution in [1.82, 2.24) is 0 Å². The van der Waals surface area contributed by atoms with E-state index < -0.39 is 11.2 Å². The quantitative estimate of drug-likeness (QED) is 0.771. The summed E-state index contributed by atoms with van der Waals surface area (Å²) < 4.78 is 5.92. The van der Waals surface area contributed by atoms with Crippen molar-refractivity contribution in [3.8, 4) is 0 Å². The summed E-state index contributed by atoms with van der Waals surface area (Å²) in [6.07, 6.45) is 0. The fraction of sp³-hybridized carbons (Fsp3) is 0.200. The topological polar surface area (TPSA) is 77.9 Å². The smallest absolute Gasteiger partial charge is 0.289 e. The van der Waals surface area contributed by atoms with Gasteiger partial charge in [0, 0.05) is 0 Å². The number of carbonyl (C=O) groups excluding carboxylic acids is 2. The van der Waals surface area contributed by atoms with Crippen molar-refractivity contribution >= 4 is 34.6 Å². The van der Waals surface area contributed by atoms with Gasteiger partial charge < -0.3 is 4.74 Å². The van der Waals surface area contributed by atoms with Crippen LogP contribution in [0, 0.1) is 0 Å². The number of ether oxygens (including phenoxy) is 1. The molecule has 2 aromatic carbocycles. The minimum atomic E-state index is -1.42. The molecule has 0 bridgehead atoms. The molecule has 1 fully saturated rings. The Kier molecular flexibility index (Phi) is 3.01. The number of amides is 2. The highest BCUT2D eigenvalue weighted by molar-refractivity contribution is 6.38. The number of para-hydroxylation sites is 2. The van der Waals surface area contributed by atoms with Crippen LogP contribution in [0.25, 0.3) is 0 Å². The van der Waals surface area contributed by atoms with Crippen molar-refractivity contribution in [2.75, 3.05) is 10.0 Å². The highest BCUT2D eigenvalue weighted by atomic mass is 16.7. The van der Waals surface area contributed by atoms with Gasteiger partial charge in [0.2, 0.25) is 11.2 Å². The molecule has 2 amide bonds. The van der Waals surface area contributed by atoms with Gasteiger partial charge in [-0.2, -0.15) is 20.2 Å². The number of epoxide rings is 1. The molecule has 3 aliphatic rings. The van der Waals surface area contributed by atoms with Crippen LogP contribution in [0.3, 0.4) is 0 Å². The summed E-state index contributed by atoms with van der Waals surface area (Å²) in [7, 11) is 0. The molecule has 1 saturated heterocycles. The van der Waals surface area contributed by atoms with Gasteiger partial charge in [-0.1, -0.05) is 36.4 Å². The van der Waals surface area contributed by atoms with Crippen molar-refractivity contribution in [3.05, 3.63) is 60.7 Å². The molecule has 2 aromatic rings. The lowest BCUT2D eigenvalue weighted by atomic mass is 9.85. The zero-order valence-corrected chi connectivity index (χ0v) is 14.8. The van der Waals surface area contributed by atoms with Gasteiger partial charge in [-0.15, -0.1) is 0 Å². The van der Waals surface area contributed by atoms with Gasteiger partial charge in [-0.3, -0.25) is 9.59 Å². The van der Waals surface area contributed by atoms with Crippen LogP contribution in [0.4, 0.5) is 11.4 Å². The van der Waals surface area contributed by atoms with Crippen LogP contribution in [0.2, 0.25) is 0 Å². The molecule has 7 nitrogen and oxygen atoms in total. The number of hydrogen-bond acceptors (Lipinski definition) is 5. The molecule has 0 aromatic heterocycles. The van der Waals surface area contributed by atoms with Gasteiger partial charge in [0.05, 0.1) is 22.8 Å². The maximum absolute atomic E-state index is 13.3. The van der Waals surface area contributed by atoms with E-state index >= 15 is 0 Å². The number of nitrogens with zero attached hydrogens (tertiary/aromatic N) is 4. The molecule has 3 aliphatic heterocycles. The second-order valence-electron chi connectivity index (χ2n) is 6.74. The Hall–Kier alpha value is -3.32. The molecular weight excluding hydrogens is 344 g/mol. The largest absolute Gasteiger partial charge is 0.329 e. The summed E-state index contributed by atoms with van der Waals surface area (Å²) in [6, 6.07) is 18.2. The average Bonchev–Trinajstić information content (AvgIpc) is 3.29. The maximum Gasteiger partial charge on any atom is 0.289 e. The average molecular weight is 360 g/mol. The second-order valence-corrected chi connectivity index (χ2v) is 6.74. The Morgan fingerprint density at radius 3 is 1.44 bits per heavy atom. The summed E-state index contributed by atoms with van der Waals surface area (Å²) >= 11 is 0. The normalized spacial score (nSPS) is 29.0. The number of carbonyl (C=O) groups is 2. The van der Waals surface area contributed by atoms with Crippen molar-refractivity contribution in [2.24, 2.45) is 10.2 Å². The third-order valence-corrected chi connectivity index (χ3v) is 5.27. The summed E-state index contributed by atoms with van der Waals surface area (Å²) in [6.45, 7) is 3.42. The SMILES string of the molecule is CC1=NN(c2ccccc2)C(=O)[C@]12O[C@]21C(=O)N(c2ccccc2)N=C1C. The van der Waals surface area contributed by atoms with Crippen LogP contribution in [-0.2, 0) is 14.3 Å². The number of hydrazone groups is 2. The third kappa shape index (κ3) is 1.79. The number of anilines is 2. The van der Waals surface area contributed by atoms with Gasteiger partial charge in [-0.05, 0) is 38.1 Å². The molecule has 134 valence electrons. The lowest BCUT2D eigenvalue weighted by Gasteiger charge is -2.15. The zero-order chi connectivity index (χ0) is 18.8. The van der Waals surface area contributed by atoms with Crippen LogP contribution in [-0.4, -0.2) is 34.4 Å². The summed E-state index contributed by atoms with van der Waals surface area (Å²) in [5.74, 6) is -0.743. The molecule has 7 heteroatoms. The first kappa shape index (κ1) is 15.9. The Bertz CT molecular complexity index is 950. The molecule has 0 radical (unpaired) electrons. The van der Waals surface area contributed by atoms with Crippen molar-refractivity contribution in [1.29, 1.82) is 0 Å². The standard InChI is InChI=1S/C20H16N4O3/c1-13-19(17(25)23(21-13)15-9-5-3-6-10-15)20(27-19)14(2)22-24(18(20)26)16-11-7-4-8-12-16/h3-12H,1-2H3/t19-,20-/m1/s1. The summed E-state index contributed by atoms with van der Waals surface area (Å²) in [4.78, 5) is 26.5. The zero-order valence-electron chi connectivity index (χ0n) is 14.8. The van der Waals surface area contributed by atoms with Crippen LogP contribution in [0.15, 0.2) is 70.9 Å². The van der Waals surface area contributed by atoms with E-state index in [9.17, 15) is 9.59 Å². The monoisotopic (exact) mass is 360 g/mol. The van der Waals surface area contributed by atoms with E-state index in [1.807, 2.05) is 36.4 Å². The molecule has 2 spiro atoms.